The van der Waals surface area contributed by atoms with E-state index in [1.807, 2.05) is 0 Å². The van der Waals surface area contributed by atoms with Crippen LogP contribution in [-0.4, -0.2) is 45.3 Å². The van der Waals surface area contributed by atoms with Crippen molar-refractivity contribution in [3.8, 4) is 0 Å². The van der Waals surface area contributed by atoms with Crippen molar-refractivity contribution in [3.05, 3.63) is 0 Å². The first kappa shape index (κ1) is 25.4. The van der Waals surface area contributed by atoms with Crippen molar-refractivity contribution in [2.45, 2.75) is 74.7 Å². The van der Waals surface area contributed by atoms with Crippen molar-refractivity contribution in [3.63, 3.8) is 0 Å². The third-order valence-corrected chi connectivity index (χ3v) is 6.13. The van der Waals surface area contributed by atoms with E-state index in [-0.39, 0.29) is 6.04 Å². The summed E-state index contributed by atoms with van der Waals surface area (Å²) in [5.41, 5.74) is 0. The van der Waals surface area contributed by atoms with Crippen molar-refractivity contribution in [1.29, 1.82) is 0 Å². The maximum atomic E-state index is 13.6. The van der Waals surface area contributed by atoms with Gasteiger partial charge in [0.25, 0.3) is 17.8 Å². The summed E-state index contributed by atoms with van der Waals surface area (Å²) in [6, 6.07) is -0.283. The van der Waals surface area contributed by atoms with Crippen molar-refractivity contribution < 1.29 is 52.7 Å². The number of hydrogen-bond donors (Lipinski definition) is 0. The Bertz CT molecular complexity index is 459. The summed E-state index contributed by atoms with van der Waals surface area (Å²) >= 11 is 0. The van der Waals surface area contributed by atoms with E-state index in [9.17, 15) is 48.3 Å². The highest BCUT2D eigenvalue weighted by molar-refractivity contribution is 6.71. The molecule has 0 spiro atoms. The largest absolute Gasteiger partial charge is 0.453 e. The van der Waals surface area contributed by atoms with Crippen LogP contribution in [0.2, 0.25) is 19.1 Å². The standard InChI is InChI=1S/C13H19F11OSi/c1-25-26(2,3)5-4-9(14,15)6-10(16,17)7-11(18,19)8-12(20,21)13(22,23)24/h4-8H2,1-3H3. The highest BCUT2D eigenvalue weighted by atomic mass is 28.4. The molecule has 0 bridgehead atoms. The maximum Gasteiger partial charge on any atom is 0.453 e. The fraction of sp³-hybridized carbons (Fsp3) is 1.00. The summed E-state index contributed by atoms with van der Waals surface area (Å²) < 4.78 is 147. The van der Waals surface area contributed by atoms with Gasteiger partial charge in [-0.15, -0.1) is 0 Å². The van der Waals surface area contributed by atoms with E-state index in [4.69, 9.17) is 4.43 Å². The lowest BCUT2D eigenvalue weighted by atomic mass is 9.98. The molecule has 0 rings (SSSR count). The van der Waals surface area contributed by atoms with Crippen LogP contribution in [0.15, 0.2) is 0 Å². The molecule has 0 aromatic rings. The molecule has 158 valence electrons. The zero-order valence-electron chi connectivity index (χ0n) is 14.1. The number of alkyl halides is 11. The Hall–Kier alpha value is -0.593. The van der Waals surface area contributed by atoms with Crippen LogP contribution in [0.25, 0.3) is 0 Å². The Morgan fingerprint density at radius 3 is 1.42 bits per heavy atom. The van der Waals surface area contributed by atoms with Crippen LogP contribution in [0.5, 0.6) is 0 Å². The van der Waals surface area contributed by atoms with Crippen molar-refractivity contribution in [2.24, 2.45) is 0 Å². The van der Waals surface area contributed by atoms with E-state index >= 15 is 0 Å². The molecule has 0 heterocycles. The summed E-state index contributed by atoms with van der Waals surface area (Å²) in [5, 5.41) is 0. The summed E-state index contributed by atoms with van der Waals surface area (Å²) in [6.07, 6.45) is -16.0. The number of hydrogen-bond acceptors (Lipinski definition) is 1. The van der Waals surface area contributed by atoms with Crippen molar-refractivity contribution in [1.82, 2.24) is 0 Å². The van der Waals surface area contributed by atoms with Crippen LogP contribution < -0.4 is 0 Å². The minimum atomic E-state index is -6.37. The highest BCUT2D eigenvalue weighted by Gasteiger charge is 2.63. The lowest BCUT2D eigenvalue weighted by Gasteiger charge is -2.30. The molecule has 0 aliphatic rings. The quantitative estimate of drug-likeness (QED) is 0.285. The first-order chi connectivity index (χ1) is 11.1. The van der Waals surface area contributed by atoms with Gasteiger partial charge in [0.05, 0.1) is 19.3 Å². The maximum absolute atomic E-state index is 13.6. The zero-order chi connectivity index (χ0) is 21.2. The Morgan fingerprint density at radius 2 is 1.04 bits per heavy atom. The van der Waals surface area contributed by atoms with Crippen LogP contribution >= 0.6 is 0 Å². The molecule has 0 radical (unpaired) electrons. The molecule has 1 nitrogen and oxygen atoms in total. The second-order valence-corrected chi connectivity index (χ2v) is 11.2. The van der Waals surface area contributed by atoms with Crippen LogP contribution in [0, 0.1) is 0 Å². The van der Waals surface area contributed by atoms with Crippen molar-refractivity contribution in [2.75, 3.05) is 7.11 Å². The molecule has 0 atom stereocenters. The van der Waals surface area contributed by atoms with Crippen LogP contribution in [0.1, 0.15) is 25.7 Å². The number of halogens is 11. The molecule has 0 N–H and O–H groups in total. The molecular formula is C13H19F11OSi. The zero-order valence-corrected chi connectivity index (χ0v) is 15.1. The third kappa shape index (κ3) is 8.87. The Balaban J connectivity index is 5.00. The number of rotatable bonds is 10. The van der Waals surface area contributed by atoms with Crippen LogP contribution in [0.4, 0.5) is 48.3 Å². The van der Waals surface area contributed by atoms with Crippen molar-refractivity contribution >= 4 is 8.32 Å². The van der Waals surface area contributed by atoms with E-state index in [0.29, 0.717) is 0 Å². The molecular weight excluding hydrogens is 409 g/mol. The van der Waals surface area contributed by atoms with Crippen LogP contribution in [0.3, 0.4) is 0 Å². The van der Waals surface area contributed by atoms with Gasteiger partial charge in [0.15, 0.2) is 8.32 Å². The molecule has 0 amide bonds. The molecule has 0 saturated carbocycles. The van der Waals surface area contributed by atoms with Gasteiger partial charge in [-0.3, -0.25) is 0 Å². The monoisotopic (exact) mass is 428 g/mol. The minimum absolute atomic E-state index is 0.283. The highest BCUT2D eigenvalue weighted by Crippen LogP contribution is 2.47. The van der Waals surface area contributed by atoms with Gasteiger partial charge in [0.2, 0.25) is 0 Å². The van der Waals surface area contributed by atoms with E-state index in [2.05, 4.69) is 0 Å². The van der Waals surface area contributed by atoms with E-state index < -0.39 is 63.9 Å². The topological polar surface area (TPSA) is 9.23 Å². The SMILES string of the molecule is CO[Si](C)(C)CCC(F)(F)CC(F)(F)CC(F)(F)CC(F)(F)C(F)(F)F. The Kier molecular flexibility index (Phi) is 7.62. The molecule has 13 heteroatoms. The van der Waals surface area contributed by atoms with E-state index in [0.717, 1.165) is 0 Å². The van der Waals surface area contributed by atoms with Gasteiger partial charge < -0.3 is 4.43 Å². The predicted molar refractivity (Wildman–Crippen MR) is 73.6 cm³/mol. The van der Waals surface area contributed by atoms with E-state index in [1.54, 1.807) is 0 Å². The lowest BCUT2D eigenvalue weighted by molar-refractivity contribution is -0.304. The molecule has 0 aliphatic heterocycles. The fourth-order valence-corrected chi connectivity index (χ4v) is 3.15. The Labute approximate surface area is 144 Å². The molecule has 0 saturated heterocycles. The van der Waals surface area contributed by atoms with Gasteiger partial charge >= 0.3 is 12.1 Å². The fourth-order valence-electron chi connectivity index (χ4n) is 1.98. The summed E-state index contributed by atoms with van der Waals surface area (Å²) in [5.74, 6) is -20.1. The summed E-state index contributed by atoms with van der Waals surface area (Å²) in [6.45, 7) is 3.02. The van der Waals surface area contributed by atoms with Crippen LogP contribution in [-0.2, 0) is 4.43 Å². The lowest BCUT2D eigenvalue weighted by Crippen LogP contribution is -2.44. The summed E-state index contributed by atoms with van der Waals surface area (Å²) in [7, 11) is -1.32. The second kappa shape index (κ2) is 7.80. The molecule has 0 fully saturated rings. The van der Waals surface area contributed by atoms with E-state index in [1.165, 1.54) is 20.2 Å². The second-order valence-electron chi connectivity index (χ2n) is 6.76. The van der Waals surface area contributed by atoms with Gasteiger partial charge in [0, 0.05) is 13.5 Å². The molecule has 0 aliphatic carbocycles. The van der Waals surface area contributed by atoms with Gasteiger partial charge in [-0.2, -0.15) is 22.0 Å². The summed E-state index contributed by atoms with van der Waals surface area (Å²) in [4.78, 5) is 0. The molecule has 0 aromatic heterocycles. The molecule has 26 heavy (non-hydrogen) atoms. The van der Waals surface area contributed by atoms with Gasteiger partial charge in [-0.25, -0.2) is 26.3 Å². The van der Waals surface area contributed by atoms with Gasteiger partial charge in [0.1, 0.15) is 0 Å². The van der Waals surface area contributed by atoms with Gasteiger partial charge in [-0.05, 0) is 19.1 Å². The molecule has 0 unspecified atom stereocenters. The average molecular weight is 428 g/mol. The Morgan fingerprint density at radius 1 is 0.654 bits per heavy atom. The first-order valence-electron chi connectivity index (χ1n) is 7.27. The minimum Gasteiger partial charge on any atom is -0.420 e. The normalized spacial score (nSPS) is 15.5. The third-order valence-electron chi connectivity index (χ3n) is 3.58. The predicted octanol–water partition coefficient (Wildman–Crippen LogP) is 6.50. The first-order valence-corrected chi connectivity index (χ1v) is 10.4. The molecule has 0 aromatic carbocycles. The van der Waals surface area contributed by atoms with Gasteiger partial charge in [-0.1, -0.05) is 0 Å². The average Bonchev–Trinajstić information content (AvgIpc) is 2.31. The smallest absolute Gasteiger partial charge is 0.420 e.